The van der Waals surface area contributed by atoms with Gasteiger partial charge in [-0.2, -0.15) is 0 Å². The molecule has 1 aromatic heterocycles. The van der Waals surface area contributed by atoms with Crippen molar-refractivity contribution in [3.63, 3.8) is 0 Å². The van der Waals surface area contributed by atoms with Gasteiger partial charge >= 0.3 is 0 Å². The number of aromatic nitrogens is 2. The Balaban J connectivity index is 2.35. The first-order chi connectivity index (χ1) is 6.09. The molecule has 0 aliphatic carbocycles. The third-order valence-electron chi connectivity index (χ3n) is 2.66. The molecule has 0 saturated carbocycles. The first kappa shape index (κ1) is 8.75. The van der Waals surface area contributed by atoms with E-state index in [0.717, 1.165) is 6.61 Å². The second-order valence-electron chi connectivity index (χ2n) is 4.71. The van der Waals surface area contributed by atoms with E-state index in [-0.39, 0.29) is 5.41 Å². The van der Waals surface area contributed by atoms with Gasteiger partial charge in [0.05, 0.1) is 12.9 Å². The third kappa shape index (κ3) is 1.48. The molecule has 13 heavy (non-hydrogen) atoms. The van der Waals surface area contributed by atoms with Crippen LogP contribution < -0.4 is 0 Å². The standard InChI is InChI=1S/C10H16N2O/c1-10(2,3)8-5-13-7-12-6-11-4-9(8)12/h4,6,8H,5,7H2,1-3H3. The van der Waals surface area contributed by atoms with Gasteiger partial charge in [-0.3, -0.25) is 0 Å². The van der Waals surface area contributed by atoms with Crippen molar-refractivity contribution in [3.8, 4) is 0 Å². The number of nitrogens with zero attached hydrogens (tertiary/aromatic N) is 2. The van der Waals surface area contributed by atoms with Gasteiger partial charge in [0.15, 0.2) is 0 Å². The lowest BCUT2D eigenvalue weighted by Crippen LogP contribution is -2.30. The van der Waals surface area contributed by atoms with Crippen LogP contribution in [-0.4, -0.2) is 16.2 Å². The van der Waals surface area contributed by atoms with Crippen molar-refractivity contribution in [1.29, 1.82) is 0 Å². The molecular formula is C10H16N2O. The van der Waals surface area contributed by atoms with E-state index in [1.165, 1.54) is 5.69 Å². The normalized spacial score (nSPS) is 22.8. The Hall–Kier alpha value is -0.830. The minimum Gasteiger partial charge on any atom is -0.360 e. The summed E-state index contributed by atoms with van der Waals surface area (Å²) < 4.78 is 7.60. The number of ether oxygens (including phenoxy) is 1. The molecule has 0 bridgehead atoms. The lowest BCUT2D eigenvalue weighted by atomic mass is 9.79. The number of fused-ring (bicyclic) bond motifs is 1. The molecule has 2 heterocycles. The van der Waals surface area contributed by atoms with E-state index in [1.54, 1.807) is 0 Å². The fourth-order valence-electron chi connectivity index (χ4n) is 1.78. The Bertz CT molecular complexity index is 298. The predicted molar refractivity (Wildman–Crippen MR) is 50.4 cm³/mol. The largest absolute Gasteiger partial charge is 0.360 e. The maximum Gasteiger partial charge on any atom is 0.124 e. The molecule has 0 radical (unpaired) electrons. The molecule has 0 spiro atoms. The molecule has 3 nitrogen and oxygen atoms in total. The minimum atomic E-state index is 0.248. The molecule has 0 fully saturated rings. The highest BCUT2D eigenvalue weighted by molar-refractivity contribution is 5.11. The molecule has 1 aliphatic heterocycles. The van der Waals surface area contributed by atoms with Gasteiger partial charge in [-0.05, 0) is 5.41 Å². The number of rotatable bonds is 0. The summed E-state index contributed by atoms with van der Waals surface area (Å²) in [6, 6.07) is 0. The van der Waals surface area contributed by atoms with E-state index in [9.17, 15) is 0 Å². The Labute approximate surface area is 78.7 Å². The molecule has 1 unspecified atom stereocenters. The molecule has 72 valence electrons. The predicted octanol–water partition coefficient (Wildman–Crippen LogP) is 2.00. The SMILES string of the molecule is CC(C)(C)C1COCn2cncc21. The molecule has 2 rings (SSSR count). The van der Waals surface area contributed by atoms with Crippen LogP contribution in [0.4, 0.5) is 0 Å². The van der Waals surface area contributed by atoms with Gasteiger partial charge in [-0.15, -0.1) is 0 Å². The van der Waals surface area contributed by atoms with Gasteiger partial charge in [0.25, 0.3) is 0 Å². The van der Waals surface area contributed by atoms with Gasteiger partial charge in [-0.25, -0.2) is 4.98 Å². The molecule has 0 N–H and O–H groups in total. The van der Waals surface area contributed by atoms with E-state index in [2.05, 4.69) is 30.3 Å². The topological polar surface area (TPSA) is 27.1 Å². The number of hydrogen-bond acceptors (Lipinski definition) is 2. The van der Waals surface area contributed by atoms with E-state index >= 15 is 0 Å². The highest BCUT2D eigenvalue weighted by Gasteiger charge is 2.31. The molecule has 0 amide bonds. The van der Waals surface area contributed by atoms with E-state index in [0.29, 0.717) is 12.6 Å². The Morgan fingerprint density at radius 3 is 3.00 bits per heavy atom. The zero-order chi connectivity index (χ0) is 9.47. The summed E-state index contributed by atoms with van der Waals surface area (Å²) in [5.41, 5.74) is 1.55. The highest BCUT2D eigenvalue weighted by Crippen LogP contribution is 2.36. The lowest BCUT2D eigenvalue weighted by molar-refractivity contribution is 0.0137. The summed E-state index contributed by atoms with van der Waals surface area (Å²) >= 11 is 0. The molecule has 0 saturated heterocycles. The van der Waals surface area contributed by atoms with Crippen LogP contribution in [0, 0.1) is 5.41 Å². The summed E-state index contributed by atoms with van der Waals surface area (Å²) in [7, 11) is 0. The van der Waals surface area contributed by atoms with Crippen molar-refractivity contribution in [3.05, 3.63) is 18.2 Å². The maximum atomic E-state index is 5.52. The second kappa shape index (κ2) is 2.84. The van der Waals surface area contributed by atoms with E-state index in [4.69, 9.17) is 4.74 Å². The van der Waals surface area contributed by atoms with Gasteiger partial charge in [0.2, 0.25) is 0 Å². The minimum absolute atomic E-state index is 0.248. The average molecular weight is 180 g/mol. The quantitative estimate of drug-likeness (QED) is 0.610. The van der Waals surface area contributed by atoms with Crippen molar-refractivity contribution in [1.82, 2.24) is 9.55 Å². The highest BCUT2D eigenvalue weighted by atomic mass is 16.5. The van der Waals surface area contributed by atoms with E-state index < -0.39 is 0 Å². The Kier molecular flexibility index (Phi) is 1.91. The van der Waals surface area contributed by atoms with Crippen LogP contribution in [0.1, 0.15) is 32.4 Å². The summed E-state index contributed by atoms with van der Waals surface area (Å²) in [6.07, 6.45) is 3.80. The molecule has 1 atom stereocenters. The zero-order valence-corrected chi connectivity index (χ0v) is 8.45. The summed E-state index contributed by atoms with van der Waals surface area (Å²) in [6.45, 7) is 8.19. The van der Waals surface area contributed by atoms with Gasteiger partial charge in [-0.1, -0.05) is 20.8 Å². The van der Waals surface area contributed by atoms with Crippen LogP contribution >= 0.6 is 0 Å². The molecule has 1 aromatic rings. The van der Waals surface area contributed by atoms with Gasteiger partial charge in [0, 0.05) is 17.8 Å². The van der Waals surface area contributed by atoms with Crippen molar-refractivity contribution in [2.45, 2.75) is 33.4 Å². The fourth-order valence-corrected chi connectivity index (χ4v) is 1.78. The van der Waals surface area contributed by atoms with Crippen molar-refractivity contribution in [2.24, 2.45) is 5.41 Å². The summed E-state index contributed by atoms with van der Waals surface area (Å²) in [4.78, 5) is 4.15. The Morgan fingerprint density at radius 1 is 1.54 bits per heavy atom. The van der Waals surface area contributed by atoms with Gasteiger partial charge < -0.3 is 9.30 Å². The fraction of sp³-hybridized carbons (Fsp3) is 0.700. The molecule has 0 aromatic carbocycles. The molecule has 1 aliphatic rings. The number of imidazole rings is 1. The van der Waals surface area contributed by atoms with Crippen LogP contribution in [0.5, 0.6) is 0 Å². The maximum absolute atomic E-state index is 5.52. The second-order valence-corrected chi connectivity index (χ2v) is 4.71. The Morgan fingerprint density at radius 2 is 2.31 bits per heavy atom. The zero-order valence-electron chi connectivity index (χ0n) is 8.45. The van der Waals surface area contributed by atoms with Crippen LogP contribution in [0.15, 0.2) is 12.5 Å². The van der Waals surface area contributed by atoms with Crippen LogP contribution in [0.2, 0.25) is 0 Å². The van der Waals surface area contributed by atoms with Crippen molar-refractivity contribution in [2.75, 3.05) is 6.61 Å². The lowest BCUT2D eigenvalue weighted by Gasteiger charge is -2.34. The number of hydrogen-bond donors (Lipinski definition) is 0. The average Bonchev–Trinajstić information content (AvgIpc) is 2.48. The molecule has 3 heteroatoms. The smallest absolute Gasteiger partial charge is 0.124 e. The van der Waals surface area contributed by atoms with Gasteiger partial charge in [0.1, 0.15) is 6.73 Å². The van der Waals surface area contributed by atoms with Crippen molar-refractivity contribution < 1.29 is 4.74 Å². The first-order valence-corrected chi connectivity index (χ1v) is 4.67. The summed E-state index contributed by atoms with van der Waals surface area (Å²) in [5.74, 6) is 0.462. The monoisotopic (exact) mass is 180 g/mol. The van der Waals surface area contributed by atoms with Crippen LogP contribution in [-0.2, 0) is 11.5 Å². The van der Waals surface area contributed by atoms with Crippen LogP contribution in [0.3, 0.4) is 0 Å². The van der Waals surface area contributed by atoms with Crippen molar-refractivity contribution >= 4 is 0 Å². The first-order valence-electron chi connectivity index (χ1n) is 4.67. The van der Waals surface area contributed by atoms with E-state index in [1.807, 2.05) is 12.5 Å². The summed E-state index contributed by atoms with van der Waals surface area (Å²) in [5, 5.41) is 0. The molecular weight excluding hydrogens is 164 g/mol. The third-order valence-corrected chi connectivity index (χ3v) is 2.66. The van der Waals surface area contributed by atoms with Crippen LogP contribution in [0.25, 0.3) is 0 Å².